The molecule has 0 amide bonds. The maximum absolute atomic E-state index is 11.8. The molecule has 0 radical (unpaired) electrons. The van der Waals surface area contributed by atoms with E-state index in [0.717, 1.165) is 30.3 Å². The van der Waals surface area contributed by atoms with Gasteiger partial charge in [-0.15, -0.1) is 0 Å². The van der Waals surface area contributed by atoms with Gasteiger partial charge in [0.1, 0.15) is 0 Å². The fraction of sp³-hybridized carbons (Fsp3) is 0.370. The molecule has 1 aliphatic rings. The van der Waals surface area contributed by atoms with Crippen LogP contribution in [0.25, 0.3) is 21.8 Å². The topological polar surface area (TPSA) is 61.1 Å². The first kappa shape index (κ1) is 20.8. The van der Waals surface area contributed by atoms with E-state index in [9.17, 15) is 4.79 Å². The van der Waals surface area contributed by atoms with Gasteiger partial charge >= 0.3 is 5.97 Å². The Kier molecular flexibility index (Phi) is 5.99. The summed E-state index contributed by atoms with van der Waals surface area (Å²) in [6.45, 7) is 3.52. The Hall–Kier alpha value is -3.05. The maximum Gasteiger partial charge on any atom is 0.337 e. The van der Waals surface area contributed by atoms with Gasteiger partial charge in [0, 0.05) is 34.2 Å². The van der Waals surface area contributed by atoms with Gasteiger partial charge in [-0.05, 0) is 93.0 Å². The lowest BCUT2D eigenvalue weighted by atomic mass is 9.89. The second kappa shape index (κ2) is 9.21. The summed E-state index contributed by atoms with van der Waals surface area (Å²) in [4.78, 5) is 21.2. The van der Waals surface area contributed by atoms with Crippen molar-refractivity contribution in [2.75, 3.05) is 26.7 Å². The van der Waals surface area contributed by atoms with Crippen LogP contribution in [0, 0.1) is 0 Å². The fourth-order valence-electron chi connectivity index (χ4n) is 5.18. The number of unbranched alkanes of at least 4 members (excludes halogenated alkanes) is 1. The molecule has 0 aliphatic carbocycles. The number of H-pyrrole nitrogens is 2. The molecule has 1 aliphatic heterocycles. The van der Waals surface area contributed by atoms with Crippen molar-refractivity contribution in [3.8, 4) is 0 Å². The summed E-state index contributed by atoms with van der Waals surface area (Å²) in [7, 11) is 1.42. The summed E-state index contributed by atoms with van der Waals surface area (Å²) < 4.78 is 4.86. The number of hydrogen-bond acceptors (Lipinski definition) is 3. The number of fused-ring (bicyclic) bond motifs is 2. The van der Waals surface area contributed by atoms with E-state index < -0.39 is 0 Å². The average molecular weight is 430 g/mol. The Bertz CT molecular complexity index is 1210. The van der Waals surface area contributed by atoms with Crippen LogP contribution < -0.4 is 0 Å². The standard InChI is InChI=1S/C27H31N3O2/c1-32-27(31)20-9-10-26-23(16-20)21(17-28-26)6-4-5-13-30-14-11-19(12-15-30)24-18-29-25-8-3-2-7-22(24)25/h2-3,7-10,16-19,28-29H,4-6,11-15H2,1H3. The molecule has 1 saturated heterocycles. The lowest BCUT2D eigenvalue weighted by Crippen LogP contribution is -2.33. The Labute approximate surface area is 188 Å². The number of esters is 1. The third kappa shape index (κ3) is 4.17. The Balaban J connectivity index is 1.11. The van der Waals surface area contributed by atoms with Crippen LogP contribution in [0.4, 0.5) is 0 Å². The third-order valence-corrected chi connectivity index (χ3v) is 7.01. The van der Waals surface area contributed by atoms with Crippen LogP contribution in [0.15, 0.2) is 54.9 Å². The molecule has 5 rings (SSSR count). The number of hydrogen-bond donors (Lipinski definition) is 2. The highest BCUT2D eigenvalue weighted by Crippen LogP contribution is 2.33. The first-order valence-electron chi connectivity index (χ1n) is 11.7. The van der Waals surface area contributed by atoms with Gasteiger partial charge in [-0.2, -0.15) is 0 Å². The molecule has 4 aromatic rings. The Morgan fingerprint density at radius 1 is 1.00 bits per heavy atom. The van der Waals surface area contributed by atoms with E-state index in [0.29, 0.717) is 11.5 Å². The quantitative estimate of drug-likeness (QED) is 0.295. The molecule has 0 atom stereocenters. The smallest absolute Gasteiger partial charge is 0.337 e. The van der Waals surface area contributed by atoms with Gasteiger partial charge in [-0.3, -0.25) is 0 Å². The molecular formula is C27H31N3O2. The molecule has 0 spiro atoms. The zero-order chi connectivity index (χ0) is 21.9. The number of piperidine rings is 1. The molecule has 2 aromatic carbocycles. The summed E-state index contributed by atoms with van der Waals surface area (Å²) >= 11 is 0. The molecule has 2 aromatic heterocycles. The van der Waals surface area contributed by atoms with Crippen molar-refractivity contribution in [2.24, 2.45) is 0 Å². The van der Waals surface area contributed by atoms with Crippen LogP contribution in [-0.2, 0) is 11.2 Å². The number of nitrogens with one attached hydrogen (secondary N) is 2. The van der Waals surface area contributed by atoms with E-state index in [1.165, 1.54) is 61.5 Å². The Morgan fingerprint density at radius 3 is 2.62 bits per heavy atom. The molecule has 1 fully saturated rings. The van der Waals surface area contributed by atoms with Crippen LogP contribution in [0.1, 0.15) is 53.1 Å². The lowest BCUT2D eigenvalue weighted by molar-refractivity contribution is 0.0601. The number of ether oxygens (including phenoxy) is 1. The van der Waals surface area contributed by atoms with E-state index in [2.05, 4.69) is 51.5 Å². The van der Waals surface area contributed by atoms with Crippen LogP contribution in [0.5, 0.6) is 0 Å². The van der Waals surface area contributed by atoms with Crippen molar-refractivity contribution in [2.45, 2.75) is 38.0 Å². The predicted octanol–water partition coefficient (Wildman–Crippen LogP) is 5.64. The minimum absolute atomic E-state index is 0.282. The van der Waals surface area contributed by atoms with Crippen LogP contribution in [0.2, 0.25) is 0 Å². The van der Waals surface area contributed by atoms with Gasteiger partial charge in [0.25, 0.3) is 0 Å². The summed E-state index contributed by atoms with van der Waals surface area (Å²) in [5.74, 6) is 0.382. The van der Waals surface area contributed by atoms with Crippen molar-refractivity contribution in [1.82, 2.24) is 14.9 Å². The number of aromatic nitrogens is 2. The number of carbonyl (C=O) groups is 1. The number of likely N-dealkylation sites (tertiary alicyclic amines) is 1. The molecule has 0 unspecified atom stereocenters. The molecular weight excluding hydrogens is 398 g/mol. The first-order chi connectivity index (χ1) is 15.7. The molecule has 32 heavy (non-hydrogen) atoms. The summed E-state index contributed by atoms with van der Waals surface area (Å²) in [5.41, 5.74) is 5.71. The number of para-hydroxylation sites is 1. The average Bonchev–Trinajstić information content (AvgIpc) is 3.45. The zero-order valence-electron chi connectivity index (χ0n) is 18.7. The largest absolute Gasteiger partial charge is 0.465 e. The minimum Gasteiger partial charge on any atom is -0.465 e. The SMILES string of the molecule is COC(=O)c1ccc2[nH]cc(CCCCN3CCC(c4c[nH]c5ccccc45)CC3)c2c1. The second-order valence-corrected chi connectivity index (χ2v) is 8.93. The summed E-state index contributed by atoms with van der Waals surface area (Å²) in [6, 6.07) is 14.4. The van der Waals surface area contributed by atoms with Gasteiger partial charge in [0.15, 0.2) is 0 Å². The van der Waals surface area contributed by atoms with Crippen LogP contribution in [0.3, 0.4) is 0 Å². The van der Waals surface area contributed by atoms with E-state index in [1.807, 2.05) is 18.2 Å². The highest BCUT2D eigenvalue weighted by Gasteiger charge is 2.22. The highest BCUT2D eigenvalue weighted by molar-refractivity contribution is 5.95. The maximum atomic E-state index is 11.8. The van der Waals surface area contributed by atoms with Gasteiger partial charge < -0.3 is 19.6 Å². The molecule has 5 heteroatoms. The van der Waals surface area contributed by atoms with Crippen molar-refractivity contribution in [3.63, 3.8) is 0 Å². The van der Waals surface area contributed by atoms with E-state index in [1.54, 1.807) is 0 Å². The predicted molar refractivity (Wildman–Crippen MR) is 129 cm³/mol. The van der Waals surface area contributed by atoms with E-state index >= 15 is 0 Å². The first-order valence-corrected chi connectivity index (χ1v) is 11.7. The van der Waals surface area contributed by atoms with Gasteiger partial charge in [0.2, 0.25) is 0 Å². The monoisotopic (exact) mass is 429 g/mol. The number of aryl methyl sites for hydroxylation is 1. The number of carbonyl (C=O) groups excluding carboxylic acids is 1. The zero-order valence-corrected chi connectivity index (χ0v) is 18.7. The van der Waals surface area contributed by atoms with Gasteiger partial charge in [0.05, 0.1) is 12.7 Å². The highest BCUT2D eigenvalue weighted by atomic mass is 16.5. The van der Waals surface area contributed by atoms with Crippen LogP contribution in [-0.4, -0.2) is 47.6 Å². The number of rotatable bonds is 7. The van der Waals surface area contributed by atoms with Crippen molar-refractivity contribution < 1.29 is 9.53 Å². The van der Waals surface area contributed by atoms with Crippen molar-refractivity contribution >= 4 is 27.8 Å². The van der Waals surface area contributed by atoms with Crippen molar-refractivity contribution in [1.29, 1.82) is 0 Å². The molecule has 2 N–H and O–H groups in total. The molecule has 5 nitrogen and oxygen atoms in total. The summed E-state index contributed by atoms with van der Waals surface area (Å²) in [5, 5.41) is 2.52. The van der Waals surface area contributed by atoms with Gasteiger partial charge in [-0.1, -0.05) is 18.2 Å². The number of aromatic amines is 2. The number of benzene rings is 2. The Morgan fingerprint density at radius 2 is 1.78 bits per heavy atom. The van der Waals surface area contributed by atoms with E-state index in [-0.39, 0.29) is 5.97 Å². The summed E-state index contributed by atoms with van der Waals surface area (Å²) in [6.07, 6.45) is 10.1. The number of methoxy groups -OCH3 is 1. The lowest BCUT2D eigenvalue weighted by Gasteiger charge is -2.32. The minimum atomic E-state index is -0.282. The van der Waals surface area contributed by atoms with Crippen molar-refractivity contribution in [3.05, 3.63) is 71.5 Å². The molecule has 0 saturated carbocycles. The fourth-order valence-corrected chi connectivity index (χ4v) is 5.18. The van der Waals surface area contributed by atoms with Crippen LogP contribution >= 0.6 is 0 Å². The second-order valence-electron chi connectivity index (χ2n) is 8.93. The third-order valence-electron chi connectivity index (χ3n) is 7.01. The normalized spacial score (nSPS) is 15.5. The van der Waals surface area contributed by atoms with Gasteiger partial charge in [-0.25, -0.2) is 4.79 Å². The molecule has 3 heterocycles. The number of nitrogens with zero attached hydrogens (tertiary/aromatic N) is 1. The van der Waals surface area contributed by atoms with E-state index in [4.69, 9.17) is 4.74 Å². The molecule has 166 valence electrons. The molecule has 0 bridgehead atoms.